The Morgan fingerprint density at radius 3 is 2.28 bits per heavy atom. The van der Waals surface area contributed by atoms with Crippen molar-refractivity contribution in [2.45, 2.75) is 115 Å². The van der Waals surface area contributed by atoms with E-state index in [1.807, 2.05) is 0 Å². The Balaban J connectivity index is 0.998. The molecule has 8 aliphatic rings. The van der Waals surface area contributed by atoms with E-state index < -0.39 is 0 Å². The van der Waals surface area contributed by atoms with Crippen LogP contribution < -0.4 is 5.32 Å². The molecule has 0 aromatic carbocycles. The fraction of sp³-hybridized carbons (Fsp3) is 0.935. The molecular formula is C31H48N2O3. The second-order valence-corrected chi connectivity index (χ2v) is 15.2. The summed E-state index contributed by atoms with van der Waals surface area (Å²) in [5, 5.41) is 3.29. The third kappa shape index (κ3) is 3.45. The number of rotatable bonds is 3. The molecule has 1 unspecified atom stereocenters. The average molecular weight is 497 g/mol. The fourth-order valence-electron chi connectivity index (χ4n) is 12.2. The molecule has 8 rings (SSSR count). The van der Waals surface area contributed by atoms with Crippen molar-refractivity contribution in [1.29, 1.82) is 0 Å². The van der Waals surface area contributed by atoms with E-state index in [2.05, 4.69) is 31.1 Å². The molecule has 200 valence electrons. The minimum atomic E-state index is -0.151. The molecule has 1 N–H and O–H groups in total. The van der Waals surface area contributed by atoms with Crippen LogP contribution in [-0.2, 0) is 9.53 Å². The van der Waals surface area contributed by atoms with Gasteiger partial charge in [0, 0.05) is 26.1 Å². The van der Waals surface area contributed by atoms with Crippen LogP contribution in [0.2, 0.25) is 0 Å². The predicted molar refractivity (Wildman–Crippen MR) is 139 cm³/mol. The van der Waals surface area contributed by atoms with Crippen molar-refractivity contribution in [2.75, 3.05) is 13.6 Å². The van der Waals surface area contributed by atoms with Gasteiger partial charge in [-0.3, -0.25) is 4.79 Å². The lowest BCUT2D eigenvalue weighted by Crippen LogP contribution is -2.61. The van der Waals surface area contributed by atoms with Gasteiger partial charge in [-0.1, -0.05) is 13.8 Å². The quantitative estimate of drug-likeness (QED) is 0.509. The van der Waals surface area contributed by atoms with E-state index in [1.54, 1.807) is 0 Å². The number of piperidine rings is 1. The zero-order valence-electron chi connectivity index (χ0n) is 22.9. The summed E-state index contributed by atoms with van der Waals surface area (Å²) < 4.78 is 6.27. The van der Waals surface area contributed by atoms with Gasteiger partial charge in [0.15, 0.2) is 0 Å². The predicted octanol–water partition coefficient (Wildman–Crippen LogP) is 6.16. The van der Waals surface area contributed by atoms with E-state index in [-0.39, 0.29) is 17.1 Å². The molecule has 7 aliphatic carbocycles. The van der Waals surface area contributed by atoms with E-state index in [0.717, 1.165) is 74.2 Å². The minimum absolute atomic E-state index is 0.138. The van der Waals surface area contributed by atoms with Gasteiger partial charge in [0.25, 0.3) is 0 Å². The van der Waals surface area contributed by atoms with Gasteiger partial charge in [-0.15, -0.1) is 0 Å². The molecule has 2 amide bonds. The van der Waals surface area contributed by atoms with Crippen LogP contribution in [-0.4, -0.2) is 42.1 Å². The third-order valence-electron chi connectivity index (χ3n) is 13.5. The number of nitrogens with one attached hydrogen (secondary N) is 1. The molecular weight excluding hydrogens is 448 g/mol. The normalized spacial score (nSPS) is 53.0. The van der Waals surface area contributed by atoms with Crippen molar-refractivity contribution in [3.8, 4) is 0 Å². The first-order valence-corrected chi connectivity index (χ1v) is 15.4. The SMILES string of the molecule is CN1C(=O)CC[C@]2(C)[C@H]3CC[C@]4(C)C(CNC(=O)OC56CC7CC(CC(C7)C5)C6)CC[C@H]4[C@@H]3CC[C@@H]12. The van der Waals surface area contributed by atoms with Crippen LogP contribution >= 0.6 is 0 Å². The number of alkyl carbamates (subject to hydrolysis) is 1. The lowest BCUT2D eigenvalue weighted by atomic mass is 9.47. The molecule has 0 aromatic rings. The van der Waals surface area contributed by atoms with Crippen LogP contribution in [0.15, 0.2) is 0 Å². The summed E-state index contributed by atoms with van der Waals surface area (Å²) in [6, 6.07) is 0.433. The highest BCUT2D eigenvalue weighted by Crippen LogP contribution is 2.66. The number of hydrogen-bond acceptors (Lipinski definition) is 3. The average Bonchev–Trinajstić information content (AvgIpc) is 3.15. The van der Waals surface area contributed by atoms with Crippen molar-refractivity contribution >= 4 is 12.0 Å². The van der Waals surface area contributed by atoms with Gasteiger partial charge < -0.3 is 15.0 Å². The van der Waals surface area contributed by atoms with Crippen molar-refractivity contribution in [3.63, 3.8) is 0 Å². The first kappa shape index (κ1) is 23.8. The lowest BCUT2D eigenvalue weighted by Gasteiger charge is -2.61. The number of hydrogen-bond donors (Lipinski definition) is 1. The summed E-state index contributed by atoms with van der Waals surface area (Å²) in [6.07, 6.45) is 16.7. The number of fused-ring (bicyclic) bond motifs is 5. The first-order chi connectivity index (χ1) is 17.2. The van der Waals surface area contributed by atoms with Gasteiger partial charge in [0.1, 0.15) is 5.60 Å². The highest BCUT2D eigenvalue weighted by atomic mass is 16.6. The maximum Gasteiger partial charge on any atom is 0.407 e. The first-order valence-electron chi connectivity index (χ1n) is 15.4. The Labute approximate surface area is 217 Å². The maximum absolute atomic E-state index is 13.1. The molecule has 5 heteroatoms. The monoisotopic (exact) mass is 496 g/mol. The summed E-state index contributed by atoms with van der Waals surface area (Å²) in [5.41, 5.74) is 0.460. The number of ether oxygens (including phenoxy) is 1. The number of amides is 2. The smallest absolute Gasteiger partial charge is 0.407 e. The highest BCUT2D eigenvalue weighted by molar-refractivity contribution is 5.77. The van der Waals surface area contributed by atoms with Gasteiger partial charge >= 0.3 is 6.09 Å². The third-order valence-corrected chi connectivity index (χ3v) is 13.5. The van der Waals surface area contributed by atoms with Crippen LogP contribution in [0.4, 0.5) is 4.79 Å². The Bertz CT molecular complexity index is 897. The molecule has 1 saturated heterocycles. The number of likely N-dealkylation sites (tertiary alicyclic amines) is 1. The summed E-state index contributed by atoms with van der Waals surface area (Å²) in [5.74, 6) is 5.61. The summed E-state index contributed by atoms with van der Waals surface area (Å²) in [4.78, 5) is 27.6. The zero-order chi connectivity index (χ0) is 24.9. The van der Waals surface area contributed by atoms with Crippen molar-refractivity contribution in [3.05, 3.63) is 0 Å². The summed E-state index contributed by atoms with van der Waals surface area (Å²) >= 11 is 0. The molecule has 1 heterocycles. The van der Waals surface area contributed by atoms with E-state index >= 15 is 0 Å². The molecule has 1 aliphatic heterocycles. The maximum atomic E-state index is 13.1. The van der Waals surface area contributed by atoms with Gasteiger partial charge in [0.2, 0.25) is 5.91 Å². The van der Waals surface area contributed by atoms with E-state index in [1.165, 1.54) is 57.8 Å². The van der Waals surface area contributed by atoms with E-state index in [9.17, 15) is 9.59 Å². The Morgan fingerprint density at radius 2 is 1.58 bits per heavy atom. The lowest BCUT2D eigenvalue weighted by molar-refractivity contribution is -0.158. The molecule has 36 heavy (non-hydrogen) atoms. The second kappa shape index (κ2) is 8.12. The van der Waals surface area contributed by atoms with Crippen LogP contribution in [0.3, 0.4) is 0 Å². The molecule has 0 radical (unpaired) electrons. The van der Waals surface area contributed by atoms with Crippen LogP contribution in [0, 0.1) is 52.3 Å². The Morgan fingerprint density at radius 1 is 0.917 bits per heavy atom. The van der Waals surface area contributed by atoms with Crippen LogP contribution in [0.25, 0.3) is 0 Å². The van der Waals surface area contributed by atoms with E-state index in [0.29, 0.717) is 23.3 Å². The molecule has 8 fully saturated rings. The molecule has 0 aromatic heterocycles. The van der Waals surface area contributed by atoms with Gasteiger partial charge in [-0.25, -0.2) is 4.79 Å². The molecule has 4 bridgehead atoms. The molecule has 7 saturated carbocycles. The van der Waals surface area contributed by atoms with Gasteiger partial charge in [-0.05, 0) is 136 Å². The van der Waals surface area contributed by atoms with Crippen molar-refractivity contribution < 1.29 is 14.3 Å². The van der Waals surface area contributed by atoms with Gasteiger partial charge in [-0.2, -0.15) is 0 Å². The van der Waals surface area contributed by atoms with E-state index in [4.69, 9.17) is 4.74 Å². The largest absolute Gasteiger partial charge is 0.443 e. The molecule has 0 spiro atoms. The van der Waals surface area contributed by atoms with Crippen LogP contribution in [0.1, 0.15) is 104 Å². The number of nitrogens with zero attached hydrogens (tertiary/aromatic N) is 1. The summed E-state index contributed by atoms with van der Waals surface area (Å²) in [7, 11) is 2.05. The Kier molecular flexibility index (Phi) is 5.37. The topological polar surface area (TPSA) is 58.6 Å². The Hall–Kier alpha value is -1.26. The van der Waals surface area contributed by atoms with Gasteiger partial charge in [0.05, 0.1) is 0 Å². The highest BCUT2D eigenvalue weighted by Gasteiger charge is 2.61. The molecule has 7 atom stereocenters. The standard InChI is InChI=1S/C31H48N2O3/c1-29-10-8-25-23(5-7-26-30(25,2)11-9-27(34)33(26)3)24(29)6-4-22(29)18-32-28(35)36-31-15-19-12-20(16-31)14-21(13-19)17-31/h19-26H,4-18H2,1-3H3,(H,32,35)/t19?,20?,21?,22?,23-,24-,25-,26+,29+,30+,31?/m0/s1. The summed E-state index contributed by atoms with van der Waals surface area (Å²) in [6.45, 7) is 5.84. The van der Waals surface area contributed by atoms with Crippen molar-refractivity contribution in [1.82, 2.24) is 10.2 Å². The zero-order valence-corrected chi connectivity index (χ0v) is 22.9. The van der Waals surface area contributed by atoms with Crippen molar-refractivity contribution in [2.24, 2.45) is 52.3 Å². The second-order valence-electron chi connectivity index (χ2n) is 15.2. The van der Waals surface area contributed by atoms with Crippen LogP contribution in [0.5, 0.6) is 0 Å². The fourth-order valence-corrected chi connectivity index (χ4v) is 12.2. The number of carbonyl (C=O) groups excluding carboxylic acids is 2. The number of carbonyl (C=O) groups is 2. The molecule has 5 nitrogen and oxygen atoms in total. The minimum Gasteiger partial charge on any atom is -0.443 e.